The van der Waals surface area contributed by atoms with E-state index in [1.807, 2.05) is 6.07 Å². The number of carbonyl (C=O) groups is 1. The SMILES string of the molecule is COC1(C(=O)N2CCOc3c(C#N)cncc3C2)CCN(c2ncc(F)c(OCC(F)F)n2)CC1. The Morgan fingerprint density at radius 1 is 1.29 bits per heavy atom. The molecule has 186 valence electrons. The van der Waals surface area contributed by atoms with Gasteiger partial charge in [-0.1, -0.05) is 0 Å². The molecule has 0 aromatic carbocycles. The third-order valence-electron chi connectivity index (χ3n) is 6.03. The van der Waals surface area contributed by atoms with Crippen LogP contribution in [0.3, 0.4) is 0 Å². The van der Waals surface area contributed by atoms with Gasteiger partial charge in [-0.15, -0.1) is 0 Å². The second-order valence-electron chi connectivity index (χ2n) is 8.07. The first-order valence-electron chi connectivity index (χ1n) is 10.9. The molecule has 2 aliphatic rings. The monoisotopic (exact) mass is 492 g/mol. The van der Waals surface area contributed by atoms with Crippen molar-refractivity contribution in [1.82, 2.24) is 19.9 Å². The maximum absolute atomic E-state index is 13.8. The molecule has 10 nitrogen and oxygen atoms in total. The molecule has 0 saturated carbocycles. The van der Waals surface area contributed by atoms with Crippen molar-refractivity contribution in [2.45, 2.75) is 31.4 Å². The van der Waals surface area contributed by atoms with Crippen molar-refractivity contribution in [3.8, 4) is 17.7 Å². The molecule has 13 heteroatoms. The molecule has 0 radical (unpaired) electrons. The largest absolute Gasteiger partial charge is 0.490 e. The summed E-state index contributed by atoms with van der Waals surface area (Å²) in [6.45, 7) is 0.370. The molecule has 0 atom stereocenters. The normalized spacial score (nSPS) is 17.3. The zero-order valence-electron chi connectivity index (χ0n) is 18.9. The van der Waals surface area contributed by atoms with Crippen molar-refractivity contribution in [3.63, 3.8) is 0 Å². The van der Waals surface area contributed by atoms with Crippen molar-refractivity contribution in [3.05, 3.63) is 35.5 Å². The van der Waals surface area contributed by atoms with E-state index in [-0.39, 0.29) is 37.8 Å². The van der Waals surface area contributed by atoms with E-state index in [4.69, 9.17) is 14.2 Å². The second-order valence-corrected chi connectivity index (χ2v) is 8.07. The zero-order chi connectivity index (χ0) is 25.0. The third-order valence-corrected chi connectivity index (χ3v) is 6.03. The fourth-order valence-corrected chi connectivity index (χ4v) is 4.17. The molecule has 4 heterocycles. The number of piperidine rings is 1. The smallest absolute Gasteiger partial charge is 0.272 e. The minimum atomic E-state index is -2.77. The van der Waals surface area contributed by atoms with Crippen LogP contribution in [0.5, 0.6) is 11.6 Å². The van der Waals surface area contributed by atoms with Gasteiger partial charge in [-0.2, -0.15) is 14.6 Å². The molecule has 0 aliphatic carbocycles. The molecule has 1 fully saturated rings. The molecule has 1 saturated heterocycles. The summed E-state index contributed by atoms with van der Waals surface area (Å²) in [5, 5.41) is 9.30. The molecule has 0 spiro atoms. The van der Waals surface area contributed by atoms with E-state index in [0.29, 0.717) is 36.5 Å². The summed E-state index contributed by atoms with van der Waals surface area (Å²) < 4.78 is 54.9. The number of methoxy groups -OCH3 is 1. The van der Waals surface area contributed by atoms with E-state index in [1.165, 1.54) is 13.3 Å². The standard InChI is InChI=1S/C22H23F3N6O4/c1-33-22(20(32)31-6-7-34-18-14(8-26)9-27-10-15(18)12-31)2-4-30(5-3-22)21-28-11-16(23)19(29-21)35-13-17(24)25/h9-11,17H,2-7,12-13H2,1H3. The number of nitriles is 1. The number of pyridine rings is 1. The van der Waals surface area contributed by atoms with E-state index in [0.717, 1.165) is 6.20 Å². The lowest BCUT2D eigenvalue weighted by atomic mass is 9.89. The fourth-order valence-electron chi connectivity index (χ4n) is 4.17. The minimum Gasteiger partial charge on any atom is -0.490 e. The van der Waals surface area contributed by atoms with Crippen molar-refractivity contribution in [2.24, 2.45) is 0 Å². The zero-order valence-corrected chi connectivity index (χ0v) is 18.9. The highest BCUT2D eigenvalue weighted by atomic mass is 19.3. The first-order valence-corrected chi connectivity index (χ1v) is 10.9. The lowest BCUT2D eigenvalue weighted by molar-refractivity contribution is -0.158. The lowest BCUT2D eigenvalue weighted by Crippen LogP contribution is -2.56. The fraction of sp³-hybridized carbons (Fsp3) is 0.500. The Kier molecular flexibility index (Phi) is 7.20. The molecule has 2 aromatic rings. The minimum absolute atomic E-state index is 0.111. The summed E-state index contributed by atoms with van der Waals surface area (Å²) in [6.07, 6.45) is 1.67. The van der Waals surface area contributed by atoms with Crippen molar-refractivity contribution in [2.75, 3.05) is 44.9 Å². The quantitative estimate of drug-likeness (QED) is 0.597. The predicted octanol–water partition coefficient (Wildman–Crippen LogP) is 1.93. The Hall–Kier alpha value is -3.66. The predicted molar refractivity (Wildman–Crippen MR) is 115 cm³/mol. The molecular weight excluding hydrogens is 469 g/mol. The van der Waals surface area contributed by atoms with Gasteiger partial charge in [0.15, 0.2) is 6.61 Å². The molecule has 0 unspecified atom stereocenters. The molecule has 0 N–H and O–H groups in total. The number of aromatic nitrogens is 3. The number of nitrogens with zero attached hydrogens (tertiary/aromatic N) is 6. The molecular formula is C22H23F3N6O4. The topological polar surface area (TPSA) is 114 Å². The van der Waals surface area contributed by atoms with Crippen molar-refractivity contribution >= 4 is 11.9 Å². The van der Waals surface area contributed by atoms with Crippen LogP contribution in [0, 0.1) is 17.1 Å². The van der Waals surface area contributed by atoms with Crippen LogP contribution in [0.15, 0.2) is 18.6 Å². The molecule has 35 heavy (non-hydrogen) atoms. The first kappa shape index (κ1) is 24.5. The number of hydrogen-bond acceptors (Lipinski definition) is 9. The summed E-state index contributed by atoms with van der Waals surface area (Å²) in [5.74, 6) is -1.18. The Balaban J connectivity index is 1.47. The van der Waals surface area contributed by atoms with Gasteiger partial charge in [0.05, 0.1) is 19.3 Å². The maximum atomic E-state index is 13.8. The summed E-state index contributed by atoms with van der Waals surface area (Å²) in [7, 11) is 1.47. The molecule has 2 aromatic heterocycles. The average molecular weight is 492 g/mol. The number of anilines is 1. The highest BCUT2D eigenvalue weighted by Gasteiger charge is 2.45. The summed E-state index contributed by atoms with van der Waals surface area (Å²) >= 11 is 0. The Bertz CT molecular complexity index is 1120. The van der Waals surface area contributed by atoms with E-state index in [2.05, 4.69) is 15.0 Å². The summed E-state index contributed by atoms with van der Waals surface area (Å²) in [6, 6.07) is 2.05. The van der Waals surface area contributed by atoms with Gasteiger partial charge < -0.3 is 24.0 Å². The van der Waals surface area contributed by atoms with Gasteiger partial charge in [-0.3, -0.25) is 9.78 Å². The van der Waals surface area contributed by atoms with Crippen LogP contribution in [-0.2, 0) is 16.1 Å². The summed E-state index contributed by atoms with van der Waals surface area (Å²) in [4.78, 5) is 28.8. The number of alkyl halides is 2. The van der Waals surface area contributed by atoms with Crippen LogP contribution in [0.25, 0.3) is 0 Å². The van der Waals surface area contributed by atoms with Gasteiger partial charge in [-0.05, 0) is 0 Å². The van der Waals surface area contributed by atoms with Crippen LogP contribution in [-0.4, -0.2) is 77.7 Å². The second kappa shape index (κ2) is 10.3. The van der Waals surface area contributed by atoms with Crippen LogP contribution < -0.4 is 14.4 Å². The van der Waals surface area contributed by atoms with Gasteiger partial charge in [0.1, 0.15) is 29.6 Å². The number of amides is 1. The van der Waals surface area contributed by atoms with Crippen molar-refractivity contribution in [1.29, 1.82) is 5.26 Å². The average Bonchev–Trinajstić information content (AvgIpc) is 3.10. The number of carbonyl (C=O) groups excluding carboxylic acids is 1. The van der Waals surface area contributed by atoms with Gasteiger partial charge in [0, 0.05) is 51.0 Å². The number of fused-ring (bicyclic) bond motifs is 1. The third kappa shape index (κ3) is 5.07. The van der Waals surface area contributed by atoms with Crippen LogP contribution >= 0.6 is 0 Å². The van der Waals surface area contributed by atoms with Crippen LogP contribution in [0.4, 0.5) is 19.1 Å². The van der Waals surface area contributed by atoms with E-state index < -0.39 is 30.3 Å². The number of hydrogen-bond donors (Lipinski definition) is 0. The number of ether oxygens (including phenoxy) is 3. The number of rotatable bonds is 6. The Labute approximate surface area is 199 Å². The maximum Gasteiger partial charge on any atom is 0.272 e. The van der Waals surface area contributed by atoms with E-state index >= 15 is 0 Å². The lowest BCUT2D eigenvalue weighted by Gasteiger charge is -2.41. The van der Waals surface area contributed by atoms with E-state index in [9.17, 15) is 23.2 Å². The molecule has 2 aliphatic heterocycles. The van der Waals surface area contributed by atoms with Gasteiger partial charge in [-0.25, -0.2) is 13.8 Å². The van der Waals surface area contributed by atoms with E-state index in [1.54, 1.807) is 16.0 Å². The van der Waals surface area contributed by atoms with Crippen molar-refractivity contribution < 1.29 is 32.2 Å². The van der Waals surface area contributed by atoms with Gasteiger partial charge in [0.25, 0.3) is 18.2 Å². The molecule has 0 bridgehead atoms. The molecule has 1 amide bonds. The Morgan fingerprint density at radius 2 is 2.06 bits per heavy atom. The Morgan fingerprint density at radius 3 is 2.74 bits per heavy atom. The van der Waals surface area contributed by atoms with Crippen LogP contribution in [0.1, 0.15) is 24.0 Å². The first-order chi connectivity index (χ1) is 16.9. The van der Waals surface area contributed by atoms with Gasteiger partial charge in [0.2, 0.25) is 11.8 Å². The highest BCUT2D eigenvalue weighted by Crippen LogP contribution is 2.33. The van der Waals surface area contributed by atoms with Gasteiger partial charge >= 0.3 is 0 Å². The molecule has 4 rings (SSSR count). The summed E-state index contributed by atoms with van der Waals surface area (Å²) in [5.41, 5.74) is -0.173. The highest BCUT2D eigenvalue weighted by molar-refractivity contribution is 5.86. The number of halogens is 3. The van der Waals surface area contributed by atoms with Crippen LogP contribution in [0.2, 0.25) is 0 Å².